The van der Waals surface area contributed by atoms with E-state index in [0.29, 0.717) is 0 Å². The smallest absolute Gasteiger partial charge is 0.0561 e. The van der Waals surface area contributed by atoms with Gasteiger partial charge in [-0.15, -0.1) is 56.7 Å². The maximum atomic E-state index is 6.68. The highest BCUT2D eigenvalue weighted by Crippen LogP contribution is 2.52. The molecule has 6 nitrogen and oxygen atoms in total. The van der Waals surface area contributed by atoms with Crippen molar-refractivity contribution in [3.05, 3.63) is 530 Å². The fraction of sp³-hybridized carbons (Fsp3) is 0. The second-order valence-corrected chi connectivity index (χ2v) is 44.1. The van der Waals surface area contributed by atoms with Crippen molar-refractivity contribution in [2.24, 2.45) is 0 Å². The number of benzene rings is 23. The number of hydrogen-bond acceptors (Lipinski definition) is 9. The quantitative estimate of drug-likeness (QED) is 0.108. The lowest BCUT2D eigenvalue weighted by Crippen LogP contribution is -2.09. The summed E-state index contributed by atoms with van der Waals surface area (Å²) in [6, 6.07) is 181. The topological polar surface area (TPSA) is 22.8 Å². The van der Waals surface area contributed by atoms with E-state index in [1.54, 1.807) is 45.3 Å². The van der Waals surface area contributed by atoms with Gasteiger partial charge in [-0.2, -0.15) is 0 Å². The van der Waals surface area contributed by atoms with Gasteiger partial charge in [-0.1, -0.05) is 295 Å². The third kappa shape index (κ3) is 16.7. The Morgan fingerprint density at radius 2 is 0.389 bits per heavy atom. The molecule has 15 heteroatoms. The van der Waals surface area contributed by atoms with Crippen LogP contribution in [0.1, 0.15) is 0 Å². The van der Waals surface area contributed by atoms with E-state index in [1.165, 1.54) is 155 Å². The molecule has 708 valence electrons. The lowest BCUT2D eigenvalue weighted by Gasteiger charge is -2.26. The Balaban J connectivity index is 0.0000000983. The zero-order valence-electron chi connectivity index (χ0n) is 79.7. The first-order valence-corrected chi connectivity index (χ1v) is 55.0. The number of rotatable bonds is 14. The van der Waals surface area contributed by atoms with Crippen LogP contribution in [0.25, 0.3) is 177 Å². The molecule has 149 heavy (non-hydrogen) atoms. The summed E-state index contributed by atoms with van der Waals surface area (Å²) >= 11 is 35.0. The van der Waals surface area contributed by atoms with Crippen LogP contribution in [0.2, 0.25) is 20.1 Å². The first kappa shape index (κ1) is 91.3. The van der Waals surface area contributed by atoms with Crippen LogP contribution in [0.4, 0.5) is 68.2 Å². The number of fused-ring (bicyclic) bond motifs is 25. The maximum absolute atomic E-state index is 6.68. The highest BCUT2D eigenvalue weighted by molar-refractivity contribution is 7.27. The van der Waals surface area contributed by atoms with Crippen molar-refractivity contribution in [1.82, 2.24) is 9.13 Å². The molecule has 0 aliphatic rings. The van der Waals surface area contributed by atoms with E-state index < -0.39 is 0 Å². The summed E-state index contributed by atoms with van der Waals surface area (Å²) in [6.45, 7) is 0. The number of nitrogens with zero attached hydrogens (tertiary/aromatic N) is 6. The van der Waals surface area contributed by atoms with Gasteiger partial charge in [0.2, 0.25) is 0 Å². The Bertz CT molecular complexity index is 10400. The van der Waals surface area contributed by atoms with Crippen molar-refractivity contribution in [3.8, 4) is 11.4 Å². The Hall–Kier alpha value is -16.4. The van der Waals surface area contributed by atoms with Crippen molar-refractivity contribution in [1.29, 1.82) is 0 Å². The molecular formula is C134H84Cl4N6S5. The average molecular weight is 2080 g/mol. The fourth-order valence-corrected chi connectivity index (χ4v) is 28.4. The van der Waals surface area contributed by atoms with Crippen molar-refractivity contribution >= 4 is 337 Å². The van der Waals surface area contributed by atoms with E-state index in [9.17, 15) is 0 Å². The van der Waals surface area contributed by atoms with Gasteiger partial charge in [-0.05, 0) is 272 Å². The van der Waals surface area contributed by atoms with E-state index in [-0.39, 0.29) is 0 Å². The molecule has 30 rings (SSSR count). The molecule has 0 amide bonds. The lowest BCUT2D eigenvalue weighted by atomic mass is 10.0. The summed E-state index contributed by atoms with van der Waals surface area (Å²) in [5.41, 5.74) is 20.7. The van der Waals surface area contributed by atoms with Crippen LogP contribution in [0, 0.1) is 0 Å². The van der Waals surface area contributed by atoms with Crippen LogP contribution < -0.4 is 19.6 Å². The normalized spacial score (nSPS) is 11.6. The molecule has 0 aliphatic heterocycles. The summed E-state index contributed by atoms with van der Waals surface area (Å²) in [6.07, 6.45) is 0. The Kier molecular flexibility index (Phi) is 23.8. The number of hydrogen-bond donors (Lipinski definition) is 0. The predicted molar refractivity (Wildman–Crippen MR) is 653 cm³/mol. The standard InChI is InChI=1S/2C36H23ClN2S.C34H20ClNS2.C28H18ClNS/c37-24-15-18-31-32-22-27(17-20-35(32)40-36(31)21-24)38(25-9-3-1-4-10-25)28-16-19-30-29-13-7-8-14-33(29)39(34(30)23-28)26-11-5-2-6-12-26;37-24-15-18-30-32-23-28(17-20-35(32)40-36(30)21-24)38(25-9-3-1-4-10-25)27-16-19-34-31(22-27)29-13-7-8-14-33(29)39(34)26-11-5-2-6-12-26;35-29-20-33-34(26-12-5-4-10-24(26)29)28-19-23(15-17-32(28)38-33)36(21-8-2-1-3-9-21)22-14-16-31-27(18-22)25-11-6-7-13-30(25)37-31;29-25-18-27-28(23-14-8-7-13-22(23)25)24-17-21(15-16-26(24)31-27)30(19-9-3-1-4-10-19)20-11-5-2-6-12-20/h2*1-23H;1-20H;1-18H. The van der Waals surface area contributed by atoms with E-state index in [4.69, 9.17) is 46.4 Å². The molecule has 7 heterocycles. The summed E-state index contributed by atoms with van der Waals surface area (Å²) in [5, 5.41) is 25.4. The second kappa shape index (κ2) is 38.8. The zero-order chi connectivity index (χ0) is 99.3. The Morgan fingerprint density at radius 1 is 0.141 bits per heavy atom. The summed E-state index contributed by atoms with van der Waals surface area (Å²) in [5.74, 6) is 0. The minimum absolute atomic E-state index is 0.771. The molecule has 0 aliphatic carbocycles. The minimum atomic E-state index is 0.771. The van der Waals surface area contributed by atoms with Crippen LogP contribution >= 0.6 is 103 Å². The highest BCUT2D eigenvalue weighted by atomic mass is 35.5. The number of aromatic nitrogens is 2. The van der Waals surface area contributed by atoms with Crippen LogP contribution in [0.15, 0.2) is 510 Å². The summed E-state index contributed by atoms with van der Waals surface area (Å²) in [4.78, 5) is 9.38. The maximum Gasteiger partial charge on any atom is 0.0561 e. The predicted octanol–water partition coefficient (Wildman–Crippen LogP) is 43.6. The van der Waals surface area contributed by atoms with Crippen LogP contribution in [0.5, 0.6) is 0 Å². The monoisotopic (exact) mass is 2080 g/mol. The number of thiophene rings is 5. The molecule has 0 saturated carbocycles. The molecule has 0 saturated heterocycles. The molecule has 0 bridgehead atoms. The van der Waals surface area contributed by atoms with Gasteiger partial charge >= 0.3 is 0 Å². The van der Waals surface area contributed by atoms with Gasteiger partial charge in [0.15, 0.2) is 0 Å². The first-order valence-electron chi connectivity index (χ1n) is 49.4. The molecule has 0 N–H and O–H groups in total. The third-order valence-electron chi connectivity index (χ3n) is 28.2. The van der Waals surface area contributed by atoms with Crippen molar-refractivity contribution in [2.75, 3.05) is 19.6 Å². The van der Waals surface area contributed by atoms with Crippen molar-refractivity contribution in [3.63, 3.8) is 0 Å². The van der Waals surface area contributed by atoms with Crippen molar-refractivity contribution in [2.45, 2.75) is 0 Å². The average Bonchev–Trinajstić information content (AvgIpc) is 1.47. The van der Waals surface area contributed by atoms with Crippen LogP contribution in [-0.2, 0) is 0 Å². The molecule has 0 fully saturated rings. The van der Waals surface area contributed by atoms with Gasteiger partial charge in [0.25, 0.3) is 0 Å². The van der Waals surface area contributed by atoms with Crippen LogP contribution in [0.3, 0.4) is 0 Å². The number of halogens is 4. The molecule has 0 radical (unpaired) electrons. The molecular weight excluding hydrogens is 2000 g/mol. The van der Waals surface area contributed by atoms with Gasteiger partial charge in [-0.25, -0.2) is 0 Å². The highest BCUT2D eigenvalue weighted by Gasteiger charge is 2.26. The molecule has 0 unspecified atom stereocenters. The first-order chi connectivity index (χ1) is 73.5. The van der Waals surface area contributed by atoms with Gasteiger partial charge in [-0.3, -0.25) is 0 Å². The van der Waals surface area contributed by atoms with Gasteiger partial charge in [0.1, 0.15) is 0 Å². The summed E-state index contributed by atoms with van der Waals surface area (Å²) in [7, 11) is 0. The van der Waals surface area contributed by atoms with Crippen molar-refractivity contribution < 1.29 is 0 Å². The van der Waals surface area contributed by atoms with Crippen LogP contribution in [-0.4, -0.2) is 9.13 Å². The second-order valence-electron chi connectivity index (χ2n) is 37.0. The lowest BCUT2D eigenvalue weighted by molar-refractivity contribution is 1.18. The third-order valence-corrected chi connectivity index (χ3v) is 35.0. The van der Waals surface area contributed by atoms with E-state index in [2.05, 4.69) is 520 Å². The fourth-order valence-electron chi connectivity index (χ4n) is 21.6. The molecule has 23 aromatic carbocycles. The SMILES string of the molecule is Clc1cc2sc3ccc(N(c4ccccc4)c4ccc5sc6ccccc6c5c4)cc3c2c2ccccc12.Clc1cc2sc3ccc(N(c4ccccc4)c4ccccc4)cc3c2c2ccccc12.Clc1ccc2c(c1)sc1ccc(N(c3ccccc3)c3ccc4c(c3)c3ccccc3n4-c3ccccc3)cc12.Clc1ccc2c(c1)sc1ccc(N(c3ccccc3)c3ccc4c5ccccc5n(-c5ccccc5)c4c3)cc12. The Labute approximate surface area is 898 Å². The zero-order valence-corrected chi connectivity index (χ0v) is 86.8. The largest absolute Gasteiger partial charge is 0.310 e. The Morgan fingerprint density at radius 3 is 0.792 bits per heavy atom. The minimum Gasteiger partial charge on any atom is -0.310 e. The van der Waals surface area contributed by atoms with E-state index in [0.717, 1.165) is 110 Å². The summed E-state index contributed by atoms with van der Waals surface area (Å²) < 4.78 is 17.3. The van der Waals surface area contributed by atoms with E-state index >= 15 is 0 Å². The number of para-hydroxylation sites is 9. The van der Waals surface area contributed by atoms with Gasteiger partial charge < -0.3 is 28.7 Å². The number of anilines is 12. The molecule has 30 aromatic rings. The molecule has 0 spiro atoms. The molecule has 7 aromatic heterocycles. The van der Waals surface area contributed by atoms with E-state index in [1.807, 2.05) is 29.5 Å². The van der Waals surface area contributed by atoms with Gasteiger partial charge in [0, 0.05) is 233 Å². The molecule has 0 atom stereocenters. The van der Waals surface area contributed by atoms with Gasteiger partial charge in [0.05, 0.1) is 22.1 Å².